The molecule has 5 nitrogen and oxygen atoms in total. The number of fused-ring (bicyclic) bond motifs is 1. The number of nitrogens with zero attached hydrogens (tertiary/aromatic N) is 3. The van der Waals surface area contributed by atoms with Crippen molar-refractivity contribution in [3.05, 3.63) is 30.0 Å². The fourth-order valence-electron chi connectivity index (χ4n) is 3.28. The number of likely N-dealkylation sites (N-methyl/N-ethyl adjacent to an activating group) is 1. The van der Waals surface area contributed by atoms with Gasteiger partial charge in [-0.1, -0.05) is 0 Å². The molecule has 1 aliphatic heterocycles. The van der Waals surface area contributed by atoms with E-state index >= 15 is 0 Å². The number of rotatable bonds is 7. The molecule has 24 heavy (non-hydrogen) atoms. The Hall–Kier alpha value is -1.56. The molecule has 2 aromatic rings. The van der Waals surface area contributed by atoms with Crippen LogP contribution in [0, 0.1) is 0 Å². The van der Waals surface area contributed by atoms with Crippen LogP contribution in [0.15, 0.2) is 24.4 Å². The molecule has 3 rings (SSSR count). The van der Waals surface area contributed by atoms with Crippen molar-refractivity contribution >= 4 is 10.9 Å². The molecule has 0 unspecified atom stereocenters. The summed E-state index contributed by atoms with van der Waals surface area (Å²) in [6.07, 6.45) is 3.38. The van der Waals surface area contributed by atoms with Crippen LogP contribution in [0.25, 0.3) is 10.9 Å². The zero-order valence-corrected chi connectivity index (χ0v) is 15.1. The SMILES string of the molecule is COc1ccc2c(c1)c(CCN(C)C)cn2CCN1CCOCC1. The highest BCUT2D eigenvalue weighted by molar-refractivity contribution is 5.85. The Morgan fingerprint density at radius 1 is 1.17 bits per heavy atom. The minimum Gasteiger partial charge on any atom is -0.497 e. The second-order valence-electron chi connectivity index (χ2n) is 6.74. The van der Waals surface area contributed by atoms with Gasteiger partial charge in [-0.25, -0.2) is 0 Å². The number of aromatic nitrogens is 1. The van der Waals surface area contributed by atoms with E-state index in [9.17, 15) is 0 Å². The molecule has 0 amide bonds. The first-order valence-corrected chi connectivity index (χ1v) is 8.78. The van der Waals surface area contributed by atoms with E-state index in [4.69, 9.17) is 9.47 Å². The van der Waals surface area contributed by atoms with Gasteiger partial charge in [0.15, 0.2) is 0 Å². The molecule has 0 bridgehead atoms. The highest BCUT2D eigenvalue weighted by Gasteiger charge is 2.13. The summed E-state index contributed by atoms with van der Waals surface area (Å²) in [7, 11) is 5.98. The van der Waals surface area contributed by atoms with Gasteiger partial charge in [-0.2, -0.15) is 0 Å². The molecule has 5 heteroatoms. The molecule has 2 heterocycles. The minimum absolute atomic E-state index is 0.859. The average molecular weight is 331 g/mol. The maximum Gasteiger partial charge on any atom is 0.119 e. The van der Waals surface area contributed by atoms with Gasteiger partial charge < -0.3 is 18.9 Å². The number of morpholine rings is 1. The highest BCUT2D eigenvalue weighted by atomic mass is 16.5. The van der Waals surface area contributed by atoms with E-state index in [1.807, 2.05) is 0 Å². The van der Waals surface area contributed by atoms with Crippen molar-refractivity contribution in [2.45, 2.75) is 13.0 Å². The van der Waals surface area contributed by atoms with Gasteiger partial charge in [-0.15, -0.1) is 0 Å². The first kappa shape index (κ1) is 17.3. The van der Waals surface area contributed by atoms with Gasteiger partial charge in [0.05, 0.1) is 20.3 Å². The van der Waals surface area contributed by atoms with Crippen molar-refractivity contribution < 1.29 is 9.47 Å². The molecular weight excluding hydrogens is 302 g/mol. The van der Waals surface area contributed by atoms with Gasteiger partial charge >= 0.3 is 0 Å². The van der Waals surface area contributed by atoms with E-state index in [0.29, 0.717) is 0 Å². The van der Waals surface area contributed by atoms with Gasteiger partial charge in [-0.05, 0) is 44.3 Å². The summed E-state index contributed by atoms with van der Waals surface area (Å²) in [5.74, 6) is 0.930. The monoisotopic (exact) mass is 331 g/mol. The van der Waals surface area contributed by atoms with E-state index in [2.05, 4.69) is 52.9 Å². The molecule has 0 spiro atoms. The molecule has 0 saturated carbocycles. The largest absolute Gasteiger partial charge is 0.497 e. The predicted molar refractivity (Wildman–Crippen MR) is 98.0 cm³/mol. The van der Waals surface area contributed by atoms with E-state index in [-0.39, 0.29) is 0 Å². The van der Waals surface area contributed by atoms with Gasteiger partial charge in [-0.3, -0.25) is 4.90 Å². The molecule has 1 aromatic carbocycles. The molecular formula is C19H29N3O2. The fourth-order valence-corrected chi connectivity index (χ4v) is 3.28. The Bertz CT molecular complexity index is 660. The molecule has 0 N–H and O–H groups in total. The number of ether oxygens (including phenoxy) is 2. The quantitative estimate of drug-likeness (QED) is 0.777. The maximum atomic E-state index is 5.44. The zero-order chi connectivity index (χ0) is 16.9. The summed E-state index contributed by atoms with van der Waals surface area (Å²) in [5.41, 5.74) is 2.71. The molecule has 1 aliphatic rings. The van der Waals surface area contributed by atoms with Crippen molar-refractivity contribution in [1.29, 1.82) is 0 Å². The number of methoxy groups -OCH3 is 1. The summed E-state index contributed by atoms with van der Waals surface area (Å²) in [6, 6.07) is 6.42. The van der Waals surface area contributed by atoms with Crippen LogP contribution >= 0.6 is 0 Å². The smallest absolute Gasteiger partial charge is 0.119 e. The molecule has 132 valence electrons. The third-order valence-corrected chi connectivity index (χ3v) is 4.76. The Labute approximate surface area is 144 Å². The number of hydrogen-bond donors (Lipinski definition) is 0. The van der Waals surface area contributed by atoms with E-state index < -0.39 is 0 Å². The first-order chi connectivity index (χ1) is 11.7. The maximum absolute atomic E-state index is 5.44. The number of hydrogen-bond acceptors (Lipinski definition) is 4. The van der Waals surface area contributed by atoms with Crippen LogP contribution in [0.2, 0.25) is 0 Å². The standard InChI is InChI=1S/C19H29N3O2/c1-20(2)7-6-16-15-22(9-8-21-10-12-24-13-11-21)19-5-4-17(23-3)14-18(16)19/h4-5,14-15H,6-13H2,1-3H3. The third-order valence-electron chi connectivity index (χ3n) is 4.76. The fraction of sp³-hybridized carbons (Fsp3) is 0.579. The highest BCUT2D eigenvalue weighted by Crippen LogP contribution is 2.26. The topological polar surface area (TPSA) is 29.9 Å². The molecule has 1 aromatic heterocycles. The van der Waals surface area contributed by atoms with Crippen molar-refractivity contribution in [1.82, 2.24) is 14.4 Å². The van der Waals surface area contributed by atoms with Crippen LogP contribution < -0.4 is 4.74 Å². The van der Waals surface area contributed by atoms with Gasteiger partial charge in [0.25, 0.3) is 0 Å². The molecule has 0 atom stereocenters. The van der Waals surface area contributed by atoms with Gasteiger partial charge in [0.1, 0.15) is 5.75 Å². The molecule has 0 radical (unpaired) electrons. The zero-order valence-electron chi connectivity index (χ0n) is 15.1. The second-order valence-corrected chi connectivity index (χ2v) is 6.74. The van der Waals surface area contributed by atoms with Crippen molar-refractivity contribution in [2.75, 3.05) is 60.6 Å². The summed E-state index contributed by atoms with van der Waals surface area (Å²) < 4.78 is 13.3. The summed E-state index contributed by atoms with van der Waals surface area (Å²) in [5, 5.41) is 1.32. The minimum atomic E-state index is 0.859. The van der Waals surface area contributed by atoms with Crippen LogP contribution in [0.5, 0.6) is 5.75 Å². The van der Waals surface area contributed by atoms with Crippen LogP contribution in [0.4, 0.5) is 0 Å². The second kappa shape index (κ2) is 8.01. The lowest BCUT2D eigenvalue weighted by atomic mass is 10.1. The lowest BCUT2D eigenvalue weighted by Gasteiger charge is -2.26. The summed E-state index contributed by atoms with van der Waals surface area (Å²) >= 11 is 0. The van der Waals surface area contributed by atoms with Crippen LogP contribution in [-0.4, -0.2) is 75.0 Å². The van der Waals surface area contributed by atoms with Gasteiger partial charge in [0.2, 0.25) is 0 Å². The Kier molecular flexibility index (Phi) is 5.76. The Morgan fingerprint density at radius 2 is 1.96 bits per heavy atom. The van der Waals surface area contributed by atoms with Crippen molar-refractivity contribution in [2.24, 2.45) is 0 Å². The van der Waals surface area contributed by atoms with Crippen LogP contribution in [-0.2, 0) is 17.7 Å². The van der Waals surface area contributed by atoms with E-state index in [0.717, 1.165) is 58.1 Å². The van der Waals surface area contributed by atoms with Gasteiger partial charge in [0, 0.05) is 49.8 Å². The van der Waals surface area contributed by atoms with E-state index in [1.54, 1.807) is 7.11 Å². The van der Waals surface area contributed by atoms with Crippen molar-refractivity contribution in [3.63, 3.8) is 0 Å². The Balaban J connectivity index is 1.80. The lowest BCUT2D eigenvalue weighted by molar-refractivity contribution is 0.0365. The normalized spacial score (nSPS) is 16.2. The molecule has 0 aliphatic carbocycles. The first-order valence-electron chi connectivity index (χ1n) is 8.78. The van der Waals surface area contributed by atoms with Crippen LogP contribution in [0.3, 0.4) is 0 Å². The third kappa shape index (κ3) is 4.09. The summed E-state index contributed by atoms with van der Waals surface area (Å²) in [6.45, 7) is 6.95. The Morgan fingerprint density at radius 3 is 2.67 bits per heavy atom. The predicted octanol–water partition coefficient (Wildman–Crippen LogP) is 2.09. The van der Waals surface area contributed by atoms with E-state index in [1.165, 1.54) is 16.5 Å². The number of benzene rings is 1. The molecule has 1 fully saturated rings. The van der Waals surface area contributed by atoms with Crippen LogP contribution in [0.1, 0.15) is 5.56 Å². The average Bonchev–Trinajstić information content (AvgIpc) is 2.96. The lowest BCUT2D eigenvalue weighted by Crippen LogP contribution is -2.38. The van der Waals surface area contributed by atoms with Crippen molar-refractivity contribution in [3.8, 4) is 5.75 Å². The molecule has 1 saturated heterocycles. The summed E-state index contributed by atoms with van der Waals surface area (Å²) in [4.78, 5) is 4.72.